The molecule has 0 bridgehead atoms. The van der Waals surface area contributed by atoms with E-state index in [0.29, 0.717) is 0 Å². The molecule has 0 aliphatic carbocycles. The average Bonchev–Trinajstić information content (AvgIpc) is 2.41. The van der Waals surface area contributed by atoms with Crippen LogP contribution in [0.3, 0.4) is 0 Å². The Morgan fingerprint density at radius 3 is 1.91 bits per heavy atom. The fourth-order valence-electron chi connectivity index (χ4n) is 1.29. The van der Waals surface area contributed by atoms with Gasteiger partial charge in [0.2, 0.25) is 0 Å². The second kappa shape index (κ2) is 7.58. The van der Waals surface area contributed by atoms with Crippen molar-refractivity contribution in [3.63, 3.8) is 0 Å². The van der Waals surface area contributed by atoms with Crippen LogP contribution >= 0.6 is 23.2 Å². The first kappa shape index (κ1) is 20.5. The van der Waals surface area contributed by atoms with Gasteiger partial charge in [-0.2, -0.15) is 30.7 Å². The lowest BCUT2D eigenvalue weighted by Crippen LogP contribution is -2.51. The summed E-state index contributed by atoms with van der Waals surface area (Å²) in [5.74, 6) is -0.127. The summed E-state index contributed by atoms with van der Waals surface area (Å²) in [5, 5.41) is 0. The Bertz CT molecular complexity index is 544. The second-order valence-corrected chi connectivity index (χ2v) is 6.60. The molecule has 11 heteroatoms. The zero-order valence-corrected chi connectivity index (χ0v) is 13.8. The fourth-order valence-corrected chi connectivity index (χ4v) is 2.99. The zero-order chi connectivity index (χ0) is 17.9. The first-order valence-electron chi connectivity index (χ1n) is 5.98. The number of alkyl halides is 8. The van der Waals surface area contributed by atoms with E-state index in [1.165, 1.54) is 24.3 Å². The van der Waals surface area contributed by atoms with Crippen LogP contribution in [0.4, 0.5) is 26.3 Å². The Hall–Kier alpha value is -0.510. The minimum atomic E-state index is -5.84. The van der Waals surface area contributed by atoms with Crippen LogP contribution in [0, 0.1) is 6.92 Å². The summed E-state index contributed by atoms with van der Waals surface area (Å²) in [5.41, 5.74) is 0.762. The van der Waals surface area contributed by atoms with Gasteiger partial charge in [-0.1, -0.05) is 29.3 Å². The van der Waals surface area contributed by atoms with Gasteiger partial charge in [-0.3, -0.25) is 0 Å². The van der Waals surface area contributed by atoms with Crippen LogP contribution < -0.4 is 0 Å². The van der Waals surface area contributed by atoms with E-state index in [2.05, 4.69) is 4.36 Å². The maximum Gasteiger partial charge on any atom is 0.437 e. The molecular formula is C12H11Cl2F6NOS. The fraction of sp³-hybridized carbons (Fsp3) is 0.500. The largest absolute Gasteiger partial charge is 0.437 e. The van der Waals surface area contributed by atoms with Crippen molar-refractivity contribution < 1.29 is 30.5 Å². The summed E-state index contributed by atoms with van der Waals surface area (Å²) >= 11 is 10.2. The van der Waals surface area contributed by atoms with Gasteiger partial charge in [-0.05, 0) is 19.1 Å². The predicted molar refractivity (Wildman–Crippen MR) is 76.6 cm³/mol. The maximum absolute atomic E-state index is 12.8. The lowest BCUT2D eigenvalue weighted by molar-refractivity contribution is -0.264. The molecule has 1 aromatic carbocycles. The van der Waals surface area contributed by atoms with Crippen LogP contribution in [0.25, 0.3) is 0 Å². The molecule has 0 aromatic heterocycles. The molecule has 0 amide bonds. The standard InChI is InChI=1S/C12H11Cl2F6NOS/c1-8-2-4-9(5-3-8)23(22-7-6-13)21-10(14,11(15,16)17)12(18,19)20/h2-5H,6-7H2,1H3. The number of benzene rings is 1. The first-order chi connectivity index (χ1) is 10.4. The third-order valence-corrected chi connectivity index (χ3v) is 4.73. The van der Waals surface area contributed by atoms with E-state index >= 15 is 0 Å². The van der Waals surface area contributed by atoms with Gasteiger partial charge in [0, 0.05) is 10.8 Å². The summed E-state index contributed by atoms with van der Waals surface area (Å²) in [6.45, 7) is 1.42. The average molecular weight is 402 g/mol. The van der Waals surface area contributed by atoms with E-state index in [1.807, 2.05) is 0 Å². The van der Waals surface area contributed by atoms with Gasteiger partial charge in [0.15, 0.2) is 0 Å². The summed E-state index contributed by atoms with van der Waals surface area (Å²) in [6.07, 6.45) is -11.7. The molecule has 0 aliphatic heterocycles. The highest BCUT2D eigenvalue weighted by Gasteiger charge is 2.71. The van der Waals surface area contributed by atoms with Crippen molar-refractivity contribution in [2.45, 2.75) is 29.2 Å². The smallest absolute Gasteiger partial charge is 0.301 e. The summed E-state index contributed by atoms with van der Waals surface area (Å²) < 4.78 is 84.7. The molecule has 0 heterocycles. The Kier molecular flexibility index (Phi) is 6.77. The van der Waals surface area contributed by atoms with Crippen LogP contribution in [0.2, 0.25) is 0 Å². The molecule has 132 valence electrons. The van der Waals surface area contributed by atoms with Crippen LogP contribution in [-0.2, 0) is 15.2 Å². The third kappa shape index (κ3) is 4.98. The van der Waals surface area contributed by atoms with E-state index in [-0.39, 0.29) is 17.4 Å². The normalized spacial score (nSPS) is 15.0. The van der Waals surface area contributed by atoms with Crippen molar-refractivity contribution in [3.05, 3.63) is 29.8 Å². The van der Waals surface area contributed by atoms with Crippen molar-refractivity contribution in [3.8, 4) is 0 Å². The molecule has 1 atom stereocenters. The topological polar surface area (TPSA) is 21.6 Å². The van der Waals surface area contributed by atoms with Crippen molar-refractivity contribution in [1.29, 1.82) is 0 Å². The van der Waals surface area contributed by atoms with Crippen LogP contribution in [0.5, 0.6) is 0 Å². The predicted octanol–water partition coefficient (Wildman–Crippen LogP) is 5.39. The second-order valence-electron chi connectivity index (χ2n) is 4.28. The molecule has 0 aliphatic rings. The molecule has 1 unspecified atom stereocenters. The Morgan fingerprint density at radius 2 is 1.52 bits per heavy atom. The van der Waals surface area contributed by atoms with Crippen molar-refractivity contribution in [2.24, 2.45) is 4.36 Å². The minimum absolute atomic E-state index is 0.0271. The van der Waals surface area contributed by atoms with E-state index in [1.54, 1.807) is 6.92 Å². The van der Waals surface area contributed by atoms with Gasteiger partial charge in [0.25, 0.3) is 0 Å². The van der Waals surface area contributed by atoms with E-state index in [0.717, 1.165) is 5.56 Å². The molecule has 2 nitrogen and oxygen atoms in total. The SMILES string of the molecule is Cc1ccc(/S(=N/C(Cl)(C(F)(F)F)C(F)(F)F)OCCCl)cc1. The minimum Gasteiger partial charge on any atom is -0.301 e. The molecule has 23 heavy (non-hydrogen) atoms. The van der Waals surface area contributed by atoms with Gasteiger partial charge in [0.05, 0.1) is 17.6 Å². The van der Waals surface area contributed by atoms with Gasteiger partial charge in [0.1, 0.15) is 0 Å². The summed E-state index contributed by atoms with van der Waals surface area (Å²) in [4.78, 5) is -4.74. The number of nitrogens with zero attached hydrogens (tertiary/aromatic N) is 1. The Labute approximate surface area is 141 Å². The third-order valence-electron chi connectivity index (χ3n) is 2.45. The highest BCUT2D eigenvalue weighted by Crippen LogP contribution is 2.49. The molecule has 0 fully saturated rings. The van der Waals surface area contributed by atoms with Crippen molar-refractivity contribution in [1.82, 2.24) is 0 Å². The highest BCUT2D eigenvalue weighted by atomic mass is 35.5. The highest BCUT2D eigenvalue weighted by molar-refractivity contribution is 7.82. The first-order valence-corrected chi connectivity index (χ1v) is 8.00. The lowest BCUT2D eigenvalue weighted by Gasteiger charge is -2.28. The van der Waals surface area contributed by atoms with Crippen molar-refractivity contribution >= 4 is 34.2 Å². The van der Waals surface area contributed by atoms with E-state index < -0.39 is 28.3 Å². The van der Waals surface area contributed by atoms with E-state index in [9.17, 15) is 26.3 Å². The zero-order valence-electron chi connectivity index (χ0n) is 11.5. The number of hydrogen-bond acceptors (Lipinski definition) is 2. The van der Waals surface area contributed by atoms with Crippen LogP contribution in [0.1, 0.15) is 5.56 Å². The molecule has 0 saturated heterocycles. The lowest BCUT2D eigenvalue weighted by atomic mass is 10.2. The number of rotatable bonds is 5. The number of hydrogen-bond donors (Lipinski definition) is 0. The number of aryl methyl sites for hydroxylation is 1. The Morgan fingerprint density at radius 1 is 1.04 bits per heavy atom. The quantitative estimate of drug-likeness (QED) is 0.368. The van der Waals surface area contributed by atoms with E-state index in [4.69, 9.17) is 27.4 Å². The molecule has 1 aromatic rings. The van der Waals surface area contributed by atoms with Crippen LogP contribution in [-0.4, -0.2) is 29.8 Å². The molecular weight excluding hydrogens is 391 g/mol. The molecule has 1 rings (SSSR count). The van der Waals surface area contributed by atoms with Gasteiger partial charge in [-0.15, -0.1) is 11.6 Å². The van der Waals surface area contributed by atoms with Gasteiger partial charge < -0.3 is 4.18 Å². The maximum atomic E-state index is 12.8. The van der Waals surface area contributed by atoms with Gasteiger partial charge in [-0.25, -0.2) is 0 Å². The molecule has 0 saturated carbocycles. The monoisotopic (exact) mass is 401 g/mol. The molecule has 0 N–H and O–H groups in total. The Balaban J connectivity index is 3.43. The molecule has 0 radical (unpaired) electrons. The summed E-state index contributed by atoms with van der Waals surface area (Å²) in [7, 11) is -2.19. The van der Waals surface area contributed by atoms with Crippen molar-refractivity contribution in [2.75, 3.05) is 12.5 Å². The summed E-state index contributed by atoms with van der Waals surface area (Å²) in [6, 6.07) is 5.65. The van der Waals surface area contributed by atoms with Gasteiger partial charge >= 0.3 is 17.4 Å². The molecule has 0 spiro atoms. The number of halogens is 8. The van der Waals surface area contributed by atoms with Crippen LogP contribution in [0.15, 0.2) is 33.5 Å².